The van der Waals surface area contributed by atoms with Crippen LogP contribution in [0.3, 0.4) is 0 Å². The Morgan fingerprint density at radius 1 is 0.905 bits per heavy atom. The zero-order valence-electron chi connectivity index (χ0n) is 11.0. The zero-order chi connectivity index (χ0) is 16.3. The molecular formula is C11H11N3O7. The van der Waals surface area contributed by atoms with Crippen LogP contribution < -0.4 is 17.1 Å². The number of nitrogens with one attached hydrogen (secondary N) is 1. The zero-order valence-corrected chi connectivity index (χ0v) is 11.0. The summed E-state index contributed by atoms with van der Waals surface area (Å²) in [6.07, 6.45) is 1.45. The molecule has 10 nitrogen and oxygen atoms in total. The number of nitrogens with zero attached hydrogens (tertiary/aromatic N) is 2. The minimum atomic E-state index is -1.36. The van der Waals surface area contributed by atoms with Crippen LogP contribution in [0, 0.1) is 0 Å². The van der Waals surface area contributed by atoms with Gasteiger partial charge in [-0.2, -0.15) is 0 Å². The van der Waals surface area contributed by atoms with Crippen molar-refractivity contribution in [2.45, 2.75) is 13.8 Å². The van der Waals surface area contributed by atoms with Gasteiger partial charge in [-0.25, -0.2) is 33.1 Å². The van der Waals surface area contributed by atoms with E-state index < -0.39 is 29.0 Å². The van der Waals surface area contributed by atoms with Crippen molar-refractivity contribution in [3.8, 4) is 0 Å². The van der Waals surface area contributed by atoms with Crippen molar-refractivity contribution >= 4 is 24.3 Å². The molecule has 0 aliphatic rings. The molecule has 112 valence electrons. The molecule has 0 saturated carbocycles. The maximum Gasteiger partial charge on any atom is 0.344 e. The molecule has 1 heterocycles. The van der Waals surface area contributed by atoms with E-state index in [4.69, 9.17) is 10.2 Å². The highest BCUT2D eigenvalue weighted by atomic mass is 16.4. The lowest BCUT2D eigenvalue weighted by molar-refractivity contribution is -0.133. The molecule has 0 spiro atoms. The number of aromatic amines is 1. The van der Waals surface area contributed by atoms with Gasteiger partial charge >= 0.3 is 29.0 Å². The van der Waals surface area contributed by atoms with Crippen molar-refractivity contribution in [3.05, 3.63) is 42.6 Å². The summed E-state index contributed by atoms with van der Waals surface area (Å²) < 4.78 is 0.715. The van der Waals surface area contributed by atoms with Crippen LogP contribution in [0.25, 0.3) is 12.4 Å². The SMILES string of the molecule is CC(=Cn1c(=O)[nH]c(=O)n(C=C(C)C(=O)O)c1=O)C(=O)O. The first-order chi connectivity index (χ1) is 9.65. The molecule has 0 fully saturated rings. The second kappa shape index (κ2) is 5.86. The third-order valence-corrected chi connectivity index (χ3v) is 2.38. The summed E-state index contributed by atoms with van der Waals surface area (Å²) in [5.74, 6) is -2.73. The van der Waals surface area contributed by atoms with Crippen LogP contribution in [0.15, 0.2) is 25.5 Å². The number of carboxylic acid groups (broad SMARTS) is 2. The van der Waals surface area contributed by atoms with Gasteiger partial charge in [0, 0.05) is 12.4 Å². The molecule has 1 rings (SSSR count). The van der Waals surface area contributed by atoms with Gasteiger partial charge in [-0.3, -0.25) is 4.98 Å². The fraction of sp³-hybridized carbons (Fsp3) is 0.182. The summed E-state index contributed by atoms with van der Waals surface area (Å²) in [7, 11) is 0. The smallest absolute Gasteiger partial charge is 0.344 e. The maximum atomic E-state index is 12.0. The van der Waals surface area contributed by atoms with Crippen molar-refractivity contribution < 1.29 is 19.8 Å². The lowest BCUT2D eigenvalue weighted by atomic mass is 10.3. The van der Waals surface area contributed by atoms with Gasteiger partial charge in [-0.15, -0.1) is 0 Å². The predicted octanol–water partition coefficient (Wildman–Crippen LogP) is -1.41. The average Bonchev–Trinajstić information content (AvgIpc) is 2.38. The fourth-order valence-corrected chi connectivity index (χ4v) is 1.23. The molecule has 10 heteroatoms. The molecule has 1 aromatic rings. The Morgan fingerprint density at radius 2 is 1.24 bits per heavy atom. The highest BCUT2D eigenvalue weighted by Crippen LogP contribution is 1.94. The average molecular weight is 297 g/mol. The molecule has 0 radical (unpaired) electrons. The Bertz CT molecular complexity index is 769. The third kappa shape index (κ3) is 3.43. The van der Waals surface area contributed by atoms with Crippen molar-refractivity contribution in [1.82, 2.24) is 14.1 Å². The number of aliphatic carboxylic acids is 2. The third-order valence-electron chi connectivity index (χ3n) is 2.38. The van der Waals surface area contributed by atoms with Crippen molar-refractivity contribution in [2.75, 3.05) is 0 Å². The van der Waals surface area contributed by atoms with Crippen molar-refractivity contribution in [3.63, 3.8) is 0 Å². The molecule has 0 atom stereocenters. The minimum Gasteiger partial charge on any atom is -0.478 e. The molecule has 0 amide bonds. The van der Waals surface area contributed by atoms with Gasteiger partial charge in [0.15, 0.2) is 0 Å². The van der Waals surface area contributed by atoms with E-state index in [1.165, 1.54) is 0 Å². The number of aromatic nitrogens is 3. The Balaban J connectivity index is 3.70. The van der Waals surface area contributed by atoms with Crippen LogP contribution in [-0.2, 0) is 9.59 Å². The minimum absolute atomic E-state index is 0.327. The van der Waals surface area contributed by atoms with Gasteiger partial charge in [-0.05, 0) is 13.8 Å². The lowest BCUT2D eigenvalue weighted by Gasteiger charge is -2.03. The fourth-order valence-electron chi connectivity index (χ4n) is 1.23. The molecule has 21 heavy (non-hydrogen) atoms. The molecule has 0 aliphatic carbocycles. The van der Waals surface area contributed by atoms with Crippen LogP contribution in [0.5, 0.6) is 0 Å². The highest BCUT2D eigenvalue weighted by molar-refractivity contribution is 5.89. The number of carboxylic acids is 2. The van der Waals surface area contributed by atoms with Gasteiger partial charge in [0.1, 0.15) is 0 Å². The molecule has 0 aromatic carbocycles. The van der Waals surface area contributed by atoms with Gasteiger partial charge in [0.05, 0.1) is 11.1 Å². The summed E-state index contributed by atoms with van der Waals surface area (Å²) >= 11 is 0. The van der Waals surface area contributed by atoms with Crippen LogP contribution in [-0.4, -0.2) is 36.3 Å². The second-order valence-electron chi connectivity index (χ2n) is 3.99. The largest absolute Gasteiger partial charge is 0.478 e. The Labute approximate surface area is 115 Å². The molecule has 3 N–H and O–H groups in total. The molecule has 0 saturated heterocycles. The van der Waals surface area contributed by atoms with E-state index in [0.717, 1.165) is 26.2 Å². The van der Waals surface area contributed by atoms with Gasteiger partial charge in [0.2, 0.25) is 0 Å². The number of rotatable bonds is 4. The molecule has 1 aromatic heterocycles. The van der Waals surface area contributed by atoms with E-state index in [1.54, 1.807) is 4.98 Å². The number of H-pyrrole nitrogens is 1. The van der Waals surface area contributed by atoms with Crippen LogP contribution in [0.2, 0.25) is 0 Å². The van der Waals surface area contributed by atoms with Crippen LogP contribution in [0.4, 0.5) is 0 Å². The van der Waals surface area contributed by atoms with E-state index in [1.807, 2.05) is 0 Å². The number of hydrogen-bond acceptors (Lipinski definition) is 5. The molecule has 0 unspecified atom stereocenters. The highest BCUT2D eigenvalue weighted by Gasteiger charge is 2.10. The lowest BCUT2D eigenvalue weighted by Crippen LogP contribution is -2.46. The monoisotopic (exact) mass is 297 g/mol. The van der Waals surface area contributed by atoms with Crippen LogP contribution in [0.1, 0.15) is 13.8 Å². The quantitative estimate of drug-likeness (QED) is 0.577. The van der Waals surface area contributed by atoms with Gasteiger partial charge in [-0.1, -0.05) is 0 Å². The number of hydrogen-bond donors (Lipinski definition) is 3. The van der Waals surface area contributed by atoms with Gasteiger partial charge < -0.3 is 10.2 Å². The molecule has 0 bridgehead atoms. The van der Waals surface area contributed by atoms with Crippen molar-refractivity contribution in [1.29, 1.82) is 0 Å². The van der Waals surface area contributed by atoms with E-state index in [2.05, 4.69) is 0 Å². The van der Waals surface area contributed by atoms with Gasteiger partial charge in [0.25, 0.3) is 0 Å². The first-order valence-electron chi connectivity index (χ1n) is 5.46. The summed E-state index contributed by atoms with van der Waals surface area (Å²) in [6, 6.07) is 0. The summed E-state index contributed by atoms with van der Waals surface area (Å²) in [6.45, 7) is 2.28. The van der Waals surface area contributed by atoms with E-state index in [-0.39, 0.29) is 11.1 Å². The van der Waals surface area contributed by atoms with E-state index in [0.29, 0.717) is 9.13 Å². The summed E-state index contributed by atoms with van der Waals surface area (Å²) in [5, 5.41) is 17.4. The number of carbonyl (C=O) groups is 2. The predicted molar refractivity (Wildman–Crippen MR) is 70.7 cm³/mol. The normalized spacial score (nSPS) is 12.3. The summed E-state index contributed by atoms with van der Waals surface area (Å²) in [5.41, 5.74) is -4.12. The van der Waals surface area contributed by atoms with Crippen molar-refractivity contribution in [2.24, 2.45) is 0 Å². The first-order valence-corrected chi connectivity index (χ1v) is 5.46. The molecule has 0 aliphatic heterocycles. The maximum absolute atomic E-state index is 12.0. The van der Waals surface area contributed by atoms with Crippen LogP contribution >= 0.6 is 0 Å². The Kier molecular flexibility index (Phi) is 4.43. The topological polar surface area (TPSA) is 151 Å². The first kappa shape index (κ1) is 15.9. The summed E-state index contributed by atoms with van der Waals surface area (Å²) in [4.78, 5) is 58.1. The molecular weight excluding hydrogens is 286 g/mol. The Hall–Kier alpha value is -3.17. The standard InChI is InChI=1S/C11H11N3O7/c1-5(7(15)16)3-13-9(19)12-10(20)14(11(13)21)4-6(2)8(17)18/h3-4H,1-2H3,(H,15,16)(H,17,18)(H,12,19,20). The Morgan fingerprint density at radius 3 is 1.52 bits per heavy atom. The van der Waals surface area contributed by atoms with E-state index in [9.17, 15) is 24.0 Å². The van der Waals surface area contributed by atoms with E-state index >= 15 is 0 Å². The second-order valence-corrected chi connectivity index (χ2v) is 3.99.